The molecule has 2 aliphatic heterocycles. The summed E-state index contributed by atoms with van der Waals surface area (Å²) in [5.74, 6) is -5.38. The molecule has 0 bridgehead atoms. The highest BCUT2D eigenvalue weighted by molar-refractivity contribution is 7.90. The largest absolute Gasteiger partial charge is 0.283 e. The van der Waals surface area contributed by atoms with Crippen LogP contribution < -0.4 is 0 Å². The van der Waals surface area contributed by atoms with Crippen molar-refractivity contribution < 1.29 is 31.6 Å². The van der Waals surface area contributed by atoms with Crippen LogP contribution in [0.2, 0.25) is 0 Å². The number of likely N-dealkylation sites (tertiary alicyclic amines) is 1. The predicted molar refractivity (Wildman–Crippen MR) is 70.1 cm³/mol. The molecule has 3 rings (SSSR count). The highest BCUT2D eigenvalue weighted by atomic mass is 32.2. The Hall–Kier alpha value is -2.36. The minimum Gasteiger partial charge on any atom is -0.283 e. The lowest BCUT2D eigenvalue weighted by atomic mass is 9.87. The topological polar surface area (TPSA) is 91.8 Å². The molecule has 10 heteroatoms. The molecule has 1 saturated heterocycles. The lowest BCUT2D eigenvalue weighted by molar-refractivity contribution is -0.143. The molecule has 0 N–H and O–H groups in total. The van der Waals surface area contributed by atoms with Crippen LogP contribution in [-0.2, 0) is 29.9 Å². The van der Waals surface area contributed by atoms with Gasteiger partial charge in [-0.15, -0.1) is 0 Å². The molecule has 2 aliphatic rings. The van der Waals surface area contributed by atoms with E-state index in [2.05, 4.69) is 0 Å². The molecule has 7 nitrogen and oxygen atoms in total. The number of rotatable bonds is 0. The van der Waals surface area contributed by atoms with Crippen LogP contribution in [-0.4, -0.2) is 42.4 Å². The molecule has 1 aromatic rings. The number of likely N-dealkylation sites (N-methyl/N-ethyl adjacent to an activating group) is 1. The molecular weight excluding hydrogens is 334 g/mol. The normalized spacial score (nSPS) is 25.4. The summed E-state index contributed by atoms with van der Waals surface area (Å²) in [6.45, 7) is 0.871. The third-order valence-corrected chi connectivity index (χ3v) is 6.00. The first-order valence-electron chi connectivity index (χ1n) is 6.41. The number of carbonyl (C=O) groups excluding carboxylic acids is 3. The van der Waals surface area contributed by atoms with E-state index in [1.807, 2.05) is 0 Å². The number of carbonyl (C=O) groups is 3. The molecule has 0 aromatic heterocycles. The minimum absolute atomic E-state index is 0.178. The Labute approximate surface area is 129 Å². The van der Waals surface area contributed by atoms with Crippen molar-refractivity contribution in [1.29, 1.82) is 0 Å². The predicted octanol–water partition coefficient (Wildman–Crippen LogP) is 0.0996. The van der Waals surface area contributed by atoms with Crippen molar-refractivity contribution >= 4 is 27.7 Å². The van der Waals surface area contributed by atoms with Gasteiger partial charge in [0.05, 0.1) is 6.42 Å². The van der Waals surface area contributed by atoms with Crippen LogP contribution in [0.3, 0.4) is 0 Å². The molecule has 0 saturated carbocycles. The fourth-order valence-corrected chi connectivity index (χ4v) is 5.13. The number of halogens is 2. The minimum atomic E-state index is -4.72. The lowest BCUT2D eigenvalue weighted by Crippen LogP contribution is -2.51. The Bertz CT molecular complexity index is 898. The third kappa shape index (κ3) is 1.66. The van der Waals surface area contributed by atoms with Crippen molar-refractivity contribution in [2.45, 2.75) is 23.8 Å². The zero-order valence-corrected chi connectivity index (χ0v) is 12.8. The van der Waals surface area contributed by atoms with E-state index in [1.54, 1.807) is 0 Å². The number of hydrogen-bond acceptors (Lipinski definition) is 5. The van der Waals surface area contributed by atoms with Gasteiger partial charge in [-0.1, -0.05) is 0 Å². The number of fused-ring (bicyclic) bond motifs is 2. The van der Waals surface area contributed by atoms with Gasteiger partial charge in [0.2, 0.25) is 11.8 Å². The van der Waals surface area contributed by atoms with Crippen LogP contribution in [0.1, 0.15) is 18.9 Å². The second kappa shape index (κ2) is 4.34. The highest BCUT2D eigenvalue weighted by Crippen LogP contribution is 2.51. The number of hydrogen-bond donors (Lipinski definition) is 0. The van der Waals surface area contributed by atoms with Crippen molar-refractivity contribution in [3.8, 4) is 0 Å². The summed E-state index contributed by atoms with van der Waals surface area (Å²) in [6.07, 6.45) is -0.697. The summed E-state index contributed by atoms with van der Waals surface area (Å²) < 4.78 is 52.9. The first-order chi connectivity index (χ1) is 10.5. The highest BCUT2D eigenvalue weighted by Gasteiger charge is 2.66. The van der Waals surface area contributed by atoms with Gasteiger partial charge in [0.25, 0.3) is 15.9 Å². The fourth-order valence-electron chi connectivity index (χ4n) is 3.15. The Morgan fingerprint density at radius 3 is 2.35 bits per heavy atom. The van der Waals surface area contributed by atoms with Crippen molar-refractivity contribution in [3.63, 3.8) is 0 Å². The molecule has 1 unspecified atom stereocenters. The molecule has 0 aliphatic carbocycles. The molecule has 1 aromatic carbocycles. The summed E-state index contributed by atoms with van der Waals surface area (Å²) in [4.78, 5) is 36.0. The molecule has 3 amide bonds. The number of benzene rings is 1. The van der Waals surface area contributed by atoms with Gasteiger partial charge in [0, 0.05) is 25.6 Å². The Morgan fingerprint density at radius 1 is 1.26 bits per heavy atom. The first-order valence-corrected chi connectivity index (χ1v) is 7.85. The van der Waals surface area contributed by atoms with E-state index in [0.717, 1.165) is 14.0 Å². The Kier molecular flexibility index (Phi) is 2.93. The zero-order chi connectivity index (χ0) is 17.3. The third-order valence-electron chi connectivity index (χ3n) is 4.02. The summed E-state index contributed by atoms with van der Waals surface area (Å²) >= 11 is 0. The van der Waals surface area contributed by atoms with Gasteiger partial charge < -0.3 is 0 Å². The van der Waals surface area contributed by atoms with E-state index in [1.165, 1.54) is 0 Å². The fraction of sp³-hybridized carbons (Fsp3) is 0.308. The van der Waals surface area contributed by atoms with Crippen LogP contribution in [0.25, 0.3) is 0 Å². The van der Waals surface area contributed by atoms with Crippen LogP contribution in [0.5, 0.6) is 0 Å². The van der Waals surface area contributed by atoms with Gasteiger partial charge in [-0.25, -0.2) is 21.5 Å². The van der Waals surface area contributed by atoms with Crippen LogP contribution in [0.4, 0.5) is 8.78 Å². The van der Waals surface area contributed by atoms with Crippen LogP contribution >= 0.6 is 0 Å². The Morgan fingerprint density at radius 2 is 1.87 bits per heavy atom. The number of nitrogens with zero attached hydrogens (tertiary/aromatic N) is 2. The van der Waals surface area contributed by atoms with E-state index in [0.29, 0.717) is 17.0 Å². The van der Waals surface area contributed by atoms with Crippen LogP contribution in [0, 0.1) is 11.6 Å². The van der Waals surface area contributed by atoms with E-state index in [4.69, 9.17) is 0 Å². The summed E-state index contributed by atoms with van der Waals surface area (Å²) in [7, 11) is -3.61. The number of sulfonamides is 1. The van der Waals surface area contributed by atoms with Gasteiger partial charge in [-0.3, -0.25) is 19.3 Å². The molecule has 122 valence electrons. The summed E-state index contributed by atoms with van der Waals surface area (Å²) in [5, 5.41) is 0. The maximum Gasteiger partial charge on any atom is 0.271 e. The summed E-state index contributed by atoms with van der Waals surface area (Å²) in [5.41, 5.74) is -2.80. The monoisotopic (exact) mass is 344 g/mol. The standard InChI is InChI=1S/C13H10F2N2O5S/c1-6(18)17-13(5-10(19)16(2)12(13)20)8-3-7(14)4-9(15)11(8)23(17,21)22/h3-4H,5H2,1-2H3. The van der Waals surface area contributed by atoms with Crippen molar-refractivity contribution in [3.05, 3.63) is 29.3 Å². The van der Waals surface area contributed by atoms with E-state index in [-0.39, 0.29) is 4.31 Å². The molecule has 1 atom stereocenters. The molecule has 0 radical (unpaired) electrons. The SMILES string of the molecule is CC(=O)N1C2(CC(=O)N(C)C2=O)c2cc(F)cc(F)c2S1(=O)=O. The average molecular weight is 344 g/mol. The van der Waals surface area contributed by atoms with E-state index >= 15 is 0 Å². The number of amides is 3. The molecular formula is C13H10F2N2O5S. The zero-order valence-electron chi connectivity index (χ0n) is 12.0. The second-order valence-electron chi connectivity index (χ2n) is 5.35. The van der Waals surface area contributed by atoms with E-state index < -0.39 is 61.8 Å². The van der Waals surface area contributed by atoms with Crippen molar-refractivity contribution in [1.82, 2.24) is 9.21 Å². The van der Waals surface area contributed by atoms with Gasteiger partial charge in [0.1, 0.15) is 16.5 Å². The lowest BCUT2D eigenvalue weighted by Gasteiger charge is -2.30. The smallest absolute Gasteiger partial charge is 0.271 e. The van der Waals surface area contributed by atoms with Gasteiger partial charge in [0.15, 0.2) is 5.54 Å². The summed E-state index contributed by atoms with van der Waals surface area (Å²) in [6, 6.07) is 1.02. The van der Waals surface area contributed by atoms with Crippen molar-refractivity contribution in [2.24, 2.45) is 0 Å². The quantitative estimate of drug-likeness (QED) is 0.623. The molecule has 23 heavy (non-hydrogen) atoms. The second-order valence-corrected chi connectivity index (χ2v) is 7.07. The maximum atomic E-state index is 14.1. The van der Waals surface area contributed by atoms with Gasteiger partial charge in [-0.05, 0) is 6.07 Å². The van der Waals surface area contributed by atoms with E-state index in [9.17, 15) is 31.6 Å². The van der Waals surface area contributed by atoms with Gasteiger partial charge >= 0.3 is 0 Å². The van der Waals surface area contributed by atoms with Crippen LogP contribution in [0.15, 0.2) is 17.0 Å². The Balaban J connectivity index is 2.48. The number of imide groups is 1. The maximum absolute atomic E-state index is 14.1. The molecule has 1 fully saturated rings. The van der Waals surface area contributed by atoms with Gasteiger partial charge in [-0.2, -0.15) is 0 Å². The average Bonchev–Trinajstić information content (AvgIpc) is 2.74. The van der Waals surface area contributed by atoms with Crippen molar-refractivity contribution in [2.75, 3.05) is 7.05 Å². The molecule has 2 heterocycles. The molecule has 1 spiro atoms. The first kappa shape index (κ1) is 15.5.